The molecule has 0 saturated carbocycles. The number of aromatic amines is 1. The Labute approximate surface area is 193 Å². The van der Waals surface area contributed by atoms with Gasteiger partial charge in [-0.05, 0) is 42.3 Å². The van der Waals surface area contributed by atoms with Crippen molar-refractivity contribution >= 4 is 40.2 Å². The van der Waals surface area contributed by atoms with Crippen LogP contribution < -0.4 is 5.32 Å². The standard InChI is InChI=1S/C24H17ClN4O4/c25-20-7-5-15(12-22(20)29(31)32)23-8-6-18(33-23)11-17(13-26)24(30)27-10-9-16-14-28-21-4-2-1-3-19(16)21/h1-8,11-12,14,28H,9-10H2,(H,27,30)/b17-11+. The number of carbonyl (C=O) groups is 1. The van der Waals surface area contributed by atoms with Crippen LogP contribution >= 0.6 is 11.6 Å². The molecule has 2 aromatic carbocycles. The Morgan fingerprint density at radius 3 is 2.85 bits per heavy atom. The van der Waals surface area contributed by atoms with Crippen LogP contribution in [0.15, 0.2) is 70.8 Å². The highest BCUT2D eigenvalue weighted by molar-refractivity contribution is 6.32. The Bertz CT molecular complexity index is 1430. The molecule has 0 aliphatic carbocycles. The molecule has 0 radical (unpaired) electrons. The average Bonchev–Trinajstić information content (AvgIpc) is 3.45. The van der Waals surface area contributed by atoms with Gasteiger partial charge in [0, 0.05) is 41.4 Å². The van der Waals surface area contributed by atoms with Crippen molar-refractivity contribution in [3.05, 3.63) is 92.8 Å². The van der Waals surface area contributed by atoms with Gasteiger partial charge in [0.05, 0.1) is 4.92 Å². The second kappa shape index (κ2) is 9.42. The van der Waals surface area contributed by atoms with Crippen molar-refractivity contribution in [3.8, 4) is 17.4 Å². The van der Waals surface area contributed by atoms with E-state index in [4.69, 9.17) is 16.0 Å². The molecule has 0 fully saturated rings. The van der Waals surface area contributed by atoms with Crippen molar-refractivity contribution in [2.45, 2.75) is 6.42 Å². The van der Waals surface area contributed by atoms with Crippen molar-refractivity contribution in [2.24, 2.45) is 0 Å². The van der Waals surface area contributed by atoms with E-state index in [1.54, 1.807) is 18.2 Å². The first-order valence-corrected chi connectivity index (χ1v) is 10.3. The topological polar surface area (TPSA) is 125 Å². The summed E-state index contributed by atoms with van der Waals surface area (Å²) >= 11 is 5.85. The van der Waals surface area contributed by atoms with Gasteiger partial charge < -0.3 is 14.7 Å². The molecule has 0 aliphatic heterocycles. The maximum atomic E-state index is 12.5. The van der Waals surface area contributed by atoms with Gasteiger partial charge in [0.1, 0.15) is 28.2 Å². The molecule has 0 unspecified atom stereocenters. The molecule has 1 amide bonds. The Balaban J connectivity index is 1.44. The number of halogens is 1. The highest BCUT2D eigenvalue weighted by atomic mass is 35.5. The number of carbonyl (C=O) groups excluding carboxylic acids is 1. The molecule has 0 saturated heterocycles. The van der Waals surface area contributed by atoms with Crippen molar-refractivity contribution < 1.29 is 14.1 Å². The van der Waals surface area contributed by atoms with Crippen molar-refractivity contribution in [2.75, 3.05) is 6.54 Å². The summed E-state index contributed by atoms with van der Waals surface area (Å²) in [5.74, 6) is 0.0985. The third-order valence-corrected chi connectivity index (χ3v) is 5.38. The van der Waals surface area contributed by atoms with Crippen molar-refractivity contribution in [3.63, 3.8) is 0 Å². The number of furan rings is 1. The Morgan fingerprint density at radius 2 is 2.06 bits per heavy atom. The normalized spacial score (nSPS) is 11.3. The average molecular weight is 461 g/mol. The van der Waals surface area contributed by atoms with E-state index in [1.165, 1.54) is 18.2 Å². The molecule has 2 aromatic heterocycles. The Morgan fingerprint density at radius 1 is 1.24 bits per heavy atom. The lowest BCUT2D eigenvalue weighted by Gasteiger charge is -2.04. The van der Waals surface area contributed by atoms with Crippen LogP contribution in [0, 0.1) is 21.4 Å². The van der Waals surface area contributed by atoms with E-state index in [-0.39, 0.29) is 22.0 Å². The molecule has 0 bridgehead atoms. The van der Waals surface area contributed by atoms with Crippen LogP contribution in [-0.2, 0) is 11.2 Å². The number of nitro benzene ring substituents is 1. The molecule has 0 spiro atoms. The monoisotopic (exact) mass is 460 g/mol. The SMILES string of the molecule is N#C/C(=C\c1ccc(-c2ccc(Cl)c([N+](=O)[O-])c2)o1)C(=O)NCCc1c[nH]c2ccccc12. The first-order valence-electron chi connectivity index (χ1n) is 9.95. The van der Waals surface area contributed by atoms with E-state index >= 15 is 0 Å². The highest BCUT2D eigenvalue weighted by Gasteiger charge is 2.16. The number of nitrogens with one attached hydrogen (secondary N) is 2. The van der Waals surface area contributed by atoms with Gasteiger partial charge in [0.25, 0.3) is 11.6 Å². The highest BCUT2D eigenvalue weighted by Crippen LogP contribution is 2.31. The molecule has 4 rings (SSSR count). The summed E-state index contributed by atoms with van der Waals surface area (Å²) in [7, 11) is 0. The van der Waals surface area contributed by atoms with Crippen molar-refractivity contribution in [1.29, 1.82) is 5.26 Å². The zero-order chi connectivity index (χ0) is 23.4. The van der Waals surface area contributed by atoms with Crippen LogP contribution in [0.3, 0.4) is 0 Å². The largest absolute Gasteiger partial charge is 0.457 e. The molecule has 8 nitrogen and oxygen atoms in total. The quantitative estimate of drug-likeness (QED) is 0.168. The molecule has 2 N–H and O–H groups in total. The third kappa shape index (κ3) is 4.79. The minimum atomic E-state index is -0.579. The molecule has 164 valence electrons. The maximum absolute atomic E-state index is 12.5. The Hall–Kier alpha value is -4.35. The summed E-state index contributed by atoms with van der Waals surface area (Å²) in [6, 6.07) is 17.2. The van der Waals surface area contributed by atoms with Gasteiger partial charge in [0.15, 0.2) is 0 Å². The van der Waals surface area contributed by atoms with E-state index in [1.807, 2.05) is 36.5 Å². The first-order chi connectivity index (χ1) is 16.0. The molecule has 33 heavy (non-hydrogen) atoms. The van der Waals surface area contributed by atoms with Gasteiger partial charge in [-0.25, -0.2) is 0 Å². The van der Waals surface area contributed by atoms with Gasteiger partial charge in [-0.3, -0.25) is 14.9 Å². The number of rotatable bonds is 7. The van der Waals surface area contributed by atoms with Gasteiger partial charge >= 0.3 is 0 Å². The Kier molecular flexibility index (Phi) is 6.24. The molecule has 9 heteroatoms. The van der Waals surface area contributed by atoms with E-state index in [2.05, 4.69) is 10.3 Å². The number of fused-ring (bicyclic) bond motifs is 1. The van der Waals surface area contributed by atoms with Gasteiger partial charge in [-0.1, -0.05) is 29.8 Å². The summed E-state index contributed by atoms with van der Waals surface area (Å²) in [5.41, 5.74) is 2.19. The summed E-state index contributed by atoms with van der Waals surface area (Å²) in [4.78, 5) is 26.2. The van der Waals surface area contributed by atoms with Gasteiger partial charge in [-0.15, -0.1) is 0 Å². The molecular formula is C24H17ClN4O4. The van der Waals surface area contributed by atoms with Crippen LogP contribution in [0.2, 0.25) is 5.02 Å². The van der Waals surface area contributed by atoms with E-state index < -0.39 is 10.8 Å². The number of nitro groups is 1. The van der Waals surface area contributed by atoms with Gasteiger partial charge in [0.2, 0.25) is 0 Å². The minimum Gasteiger partial charge on any atom is -0.457 e. The smallest absolute Gasteiger partial charge is 0.288 e. The lowest BCUT2D eigenvalue weighted by atomic mass is 10.1. The van der Waals surface area contributed by atoms with Crippen LogP contribution in [0.1, 0.15) is 11.3 Å². The van der Waals surface area contributed by atoms with Crippen molar-refractivity contribution in [1.82, 2.24) is 10.3 Å². The van der Waals surface area contributed by atoms with Gasteiger partial charge in [-0.2, -0.15) is 5.26 Å². The fraction of sp³-hybridized carbons (Fsp3) is 0.0833. The summed E-state index contributed by atoms with van der Waals surface area (Å²) in [5, 5.41) is 24.4. The minimum absolute atomic E-state index is 0.0199. The number of H-pyrrole nitrogens is 1. The molecule has 0 atom stereocenters. The van der Waals surface area contributed by atoms with Crippen LogP contribution in [0.5, 0.6) is 0 Å². The summed E-state index contributed by atoms with van der Waals surface area (Å²) in [6.07, 6.45) is 3.84. The second-order valence-electron chi connectivity index (χ2n) is 7.16. The lowest BCUT2D eigenvalue weighted by molar-refractivity contribution is -0.384. The number of amides is 1. The number of hydrogen-bond acceptors (Lipinski definition) is 5. The van der Waals surface area contributed by atoms with E-state index in [0.717, 1.165) is 16.5 Å². The zero-order valence-corrected chi connectivity index (χ0v) is 17.9. The lowest BCUT2D eigenvalue weighted by Crippen LogP contribution is -2.26. The van der Waals surface area contributed by atoms with Crippen LogP contribution in [-0.4, -0.2) is 22.4 Å². The van der Waals surface area contributed by atoms with E-state index in [0.29, 0.717) is 24.3 Å². The fourth-order valence-corrected chi connectivity index (χ4v) is 3.61. The zero-order valence-electron chi connectivity index (χ0n) is 17.2. The second-order valence-corrected chi connectivity index (χ2v) is 7.57. The third-order valence-electron chi connectivity index (χ3n) is 5.06. The number of aromatic nitrogens is 1. The van der Waals surface area contributed by atoms with Crippen LogP contribution in [0.25, 0.3) is 28.3 Å². The molecule has 0 aliphatic rings. The van der Waals surface area contributed by atoms with E-state index in [9.17, 15) is 20.2 Å². The number of benzene rings is 2. The molecule has 4 aromatic rings. The summed E-state index contributed by atoms with van der Waals surface area (Å²) in [6.45, 7) is 0.359. The summed E-state index contributed by atoms with van der Waals surface area (Å²) < 4.78 is 5.66. The number of para-hydroxylation sites is 1. The van der Waals surface area contributed by atoms with Crippen LogP contribution in [0.4, 0.5) is 5.69 Å². The first kappa shape index (κ1) is 21.9. The predicted octanol–water partition coefficient (Wildman–Crippen LogP) is 5.26. The predicted molar refractivity (Wildman–Crippen MR) is 124 cm³/mol. The number of nitriles is 1. The number of hydrogen-bond donors (Lipinski definition) is 2. The fourth-order valence-electron chi connectivity index (χ4n) is 3.43. The maximum Gasteiger partial charge on any atom is 0.288 e. The molecular weight excluding hydrogens is 444 g/mol. The number of nitrogens with zero attached hydrogens (tertiary/aromatic N) is 2. The molecule has 2 heterocycles.